The van der Waals surface area contributed by atoms with E-state index in [-0.39, 0.29) is 0 Å². The molecule has 7 aromatic rings. The monoisotopic (exact) mass is 658 g/mol. The summed E-state index contributed by atoms with van der Waals surface area (Å²) >= 11 is 3.49. The zero-order chi connectivity index (χ0) is 30.7. The summed E-state index contributed by atoms with van der Waals surface area (Å²) in [5.41, 5.74) is 6.45. The number of hydrogen-bond donors (Lipinski definition) is 3. The zero-order valence-corrected chi connectivity index (χ0v) is 24.7. The van der Waals surface area contributed by atoms with Crippen molar-refractivity contribution in [1.29, 1.82) is 0 Å². The minimum absolute atomic E-state index is 0.597. The van der Waals surface area contributed by atoms with Gasteiger partial charge in [0.25, 0.3) is 0 Å². The van der Waals surface area contributed by atoms with Crippen molar-refractivity contribution in [3.63, 3.8) is 0 Å². The maximum atomic E-state index is 8.99. The van der Waals surface area contributed by atoms with Crippen LogP contribution in [0.15, 0.2) is 97.1 Å². The van der Waals surface area contributed by atoms with Crippen LogP contribution in [0.5, 0.6) is 0 Å². The van der Waals surface area contributed by atoms with Gasteiger partial charge in [-0.25, -0.2) is 29.9 Å². The molecule has 13 heteroatoms. The molecule has 0 saturated carbocycles. The Labute approximate surface area is 262 Å². The third kappa shape index (κ3) is 4.93. The number of aromatic nitrogens is 8. The Kier molecular flexibility index (Phi) is 6.29. The average molecular weight is 659 g/mol. The molecule has 0 saturated heterocycles. The van der Waals surface area contributed by atoms with Gasteiger partial charge in [0.1, 0.15) is 22.6 Å². The molecule has 2 aliphatic heterocycles. The number of aromatic amines is 2. The van der Waals surface area contributed by atoms with Crippen molar-refractivity contribution < 1.29 is 27.9 Å². The summed E-state index contributed by atoms with van der Waals surface area (Å²) in [6.45, 7) is 0. The first-order valence-electron chi connectivity index (χ1n) is 13.6. The average Bonchev–Trinajstić information content (AvgIpc) is 3.76. The van der Waals surface area contributed by atoms with Crippen molar-refractivity contribution in [2.24, 2.45) is 0 Å². The Hall–Kier alpha value is -5.33. The summed E-state index contributed by atoms with van der Waals surface area (Å²) in [4.78, 5) is 36.8. The van der Waals surface area contributed by atoms with E-state index in [0.29, 0.717) is 45.9 Å². The van der Waals surface area contributed by atoms with E-state index in [4.69, 9.17) is 42.9 Å². The van der Waals surface area contributed by atoms with Crippen LogP contribution in [-0.4, -0.2) is 52.8 Å². The molecule has 8 bridgehead atoms. The second kappa shape index (κ2) is 10.4. The number of rotatable bonds is 0. The molecule has 3 aromatic heterocycles. The predicted octanol–water partition coefficient (Wildman–Crippen LogP) is 6.21. The minimum atomic E-state index is -4.10. The Morgan fingerprint density at radius 3 is 0.911 bits per heavy atom. The maximum absolute atomic E-state index is 8.99. The van der Waals surface area contributed by atoms with Gasteiger partial charge in [-0.2, -0.15) is 0 Å². The summed E-state index contributed by atoms with van der Waals surface area (Å²) in [5.74, 6) is 2.39. The van der Waals surface area contributed by atoms with E-state index in [1.807, 2.05) is 97.1 Å². The van der Waals surface area contributed by atoms with E-state index in [1.54, 1.807) is 0 Å². The van der Waals surface area contributed by atoms with E-state index in [2.05, 4.69) is 24.9 Å². The van der Waals surface area contributed by atoms with E-state index < -0.39 is 8.54 Å². The van der Waals surface area contributed by atoms with Gasteiger partial charge >= 0.3 is 36.4 Å². The zero-order valence-electron chi connectivity index (χ0n) is 22.9. The van der Waals surface area contributed by atoms with Crippen molar-refractivity contribution in [2.75, 3.05) is 0 Å². The molecule has 4 aromatic carbocycles. The van der Waals surface area contributed by atoms with Gasteiger partial charge in [-0.15, -0.1) is 0 Å². The predicted molar refractivity (Wildman–Crippen MR) is 168 cm³/mol. The Balaban J connectivity index is 0.000000560. The topological polar surface area (TPSA) is 163 Å². The fourth-order valence-electron chi connectivity index (χ4n) is 5.59. The van der Waals surface area contributed by atoms with Crippen LogP contribution in [0, 0.1) is 0 Å². The molecule has 0 fully saturated rings. The Morgan fingerprint density at radius 2 is 0.667 bits per heavy atom. The van der Waals surface area contributed by atoms with Crippen LogP contribution in [-0.2, 0) is 23.4 Å². The maximum Gasteiger partial charge on any atom is 0.164 e. The molecular formula is C32H19CuN8O3S. The number of fused-ring (bicyclic) bond motifs is 20. The van der Waals surface area contributed by atoms with E-state index in [0.717, 1.165) is 43.8 Å². The molecule has 222 valence electrons. The number of H-pyrrole nitrogens is 2. The van der Waals surface area contributed by atoms with Crippen LogP contribution >= 0.6 is 0 Å². The molecule has 45 heavy (non-hydrogen) atoms. The van der Waals surface area contributed by atoms with Gasteiger partial charge < -0.3 is 9.97 Å². The van der Waals surface area contributed by atoms with Gasteiger partial charge in [-0.05, 0) is 0 Å². The van der Waals surface area contributed by atoms with Gasteiger partial charge in [0.2, 0.25) is 0 Å². The molecule has 0 spiro atoms. The second-order valence-corrected chi connectivity index (χ2v) is 12.4. The summed E-state index contributed by atoms with van der Waals surface area (Å²) in [6, 6.07) is 32.2. The fraction of sp³-hybridized carbons (Fsp3) is 0. The summed E-state index contributed by atoms with van der Waals surface area (Å²) in [7, 11) is -4.10. The molecule has 2 aliphatic rings. The first-order valence-corrected chi connectivity index (χ1v) is 16.1. The molecule has 0 unspecified atom stereocenters. The van der Waals surface area contributed by atoms with E-state index in [9.17, 15) is 0 Å². The van der Waals surface area contributed by atoms with Gasteiger partial charge in [-0.1, -0.05) is 97.1 Å². The van der Waals surface area contributed by atoms with Crippen LogP contribution in [0.4, 0.5) is 0 Å². The van der Waals surface area contributed by atoms with Gasteiger partial charge in [0.05, 0.1) is 0 Å². The van der Waals surface area contributed by atoms with E-state index >= 15 is 0 Å². The molecule has 3 N–H and O–H groups in total. The first-order chi connectivity index (χ1) is 21.8. The number of hydrogen-bond acceptors (Lipinski definition) is 8. The van der Waals surface area contributed by atoms with Crippen LogP contribution in [0.25, 0.3) is 89.7 Å². The Morgan fingerprint density at radius 1 is 0.444 bits per heavy atom. The molecule has 11 nitrogen and oxygen atoms in total. The summed E-state index contributed by atoms with van der Waals surface area (Å²) in [6.07, 6.45) is 0. The largest absolute Gasteiger partial charge is 0.324 e. The standard InChI is InChI=1S/C32H18N8.Cu.HO3S/c1-2-10-18-17(9-1)25-33-26(18)38-28-21-13-5-6-14-22(21)30(35-28)40-32-24-16-8-7-15-23(24)31(36-32)39-29-20-12-4-3-11-19(20)27(34-29)37-25;;1-4(2)3/h1-16H,(H2,33,34,35,36,37,38,39,40);;(H,1,2,3). The number of nitrogens with one attached hydrogen (secondary N) is 2. The molecule has 0 aliphatic carbocycles. The SMILES string of the molecule is O=[S](=O)(O)[Cu].c1ccc2c(c1)-c1nc-2nc2[nH]c(nc3nc(nc4[nH]c(n1)c1ccccc41)-c1ccccc1-3)c1ccccc21. The quantitative estimate of drug-likeness (QED) is 0.127. The molecule has 0 radical (unpaired) electrons. The molecule has 5 heterocycles. The molecular weight excluding hydrogens is 640 g/mol. The van der Waals surface area contributed by atoms with Gasteiger partial charge in [0, 0.05) is 43.8 Å². The van der Waals surface area contributed by atoms with Crippen molar-refractivity contribution >= 4 is 52.7 Å². The summed E-state index contributed by atoms with van der Waals surface area (Å²) in [5, 5.41) is 3.82. The van der Waals surface area contributed by atoms with Crippen molar-refractivity contribution in [3.05, 3.63) is 97.1 Å². The normalized spacial score (nSPS) is 12.0. The number of benzene rings is 4. The minimum Gasteiger partial charge on any atom is -0.324 e. The Bertz CT molecular complexity index is 2290. The van der Waals surface area contributed by atoms with Gasteiger partial charge in [0.15, 0.2) is 23.3 Å². The second-order valence-electron chi connectivity index (χ2n) is 10.2. The van der Waals surface area contributed by atoms with Crippen molar-refractivity contribution in [2.45, 2.75) is 0 Å². The third-order valence-electron chi connectivity index (χ3n) is 7.46. The van der Waals surface area contributed by atoms with E-state index in [1.165, 1.54) is 0 Å². The van der Waals surface area contributed by atoms with Crippen molar-refractivity contribution in [3.8, 4) is 45.6 Å². The summed E-state index contributed by atoms with van der Waals surface area (Å²) < 4.78 is 25.3. The molecule has 0 amide bonds. The van der Waals surface area contributed by atoms with Crippen molar-refractivity contribution in [1.82, 2.24) is 39.9 Å². The van der Waals surface area contributed by atoms with Gasteiger partial charge in [-0.3, -0.25) is 0 Å². The molecule has 0 atom stereocenters. The number of nitrogens with zero attached hydrogens (tertiary/aromatic N) is 6. The van der Waals surface area contributed by atoms with Crippen LogP contribution < -0.4 is 0 Å². The van der Waals surface area contributed by atoms with Crippen LogP contribution in [0.3, 0.4) is 0 Å². The first kappa shape index (κ1) is 27.2. The van der Waals surface area contributed by atoms with Crippen LogP contribution in [0.1, 0.15) is 0 Å². The fourth-order valence-corrected chi connectivity index (χ4v) is 5.59. The smallest absolute Gasteiger partial charge is 0.164 e. The van der Waals surface area contributed by atoms with Crippen LogP contribution in [0.2, 0.25) is 0 Å². The molecule has 9 rings (SSSR count). The third-order valence-corrected chi connectivity index (χ3v) is 7.46.